The summed E-state index contributed by atoms with van der Waals surface area (Å²) in [4.78, 5) is 23.9. The smallest absolute Gasteiger partial charge is 0.256 e. The average Bonchev–Trinajstić information content (AvgIpc) is 3.14. The van der Waals surface area contributed by atoms with Crippen LogP contribution in [-0.2, 0) is 7.05 Å². The SMILES string of the molecule is Cn1ccnc1C1CNCCN1C(=O)c1cncc(-c2ccccc2)c1. The molecule has 3 aromatic rings. The molecule has 0 aliphatic carbocycles. The van der Waals surface area contributed by atoms with Crippen molar-refractivity contribution in [3.63, 3.8) is 0 Å². The van der Waals surface area contributed by atoms with Gasteiger partial charge in [-0.15, -0.1) is 0 Å². The fraction of sp³-hybridized carbons (Fsp3) is 0.250. The third-order valence-corrected chi connectivity index (χ3v) is 4.75. The van der Waals surface area contributed by atoms with E-state index in [-0.39, 0.29) is 11.9 Å². The van der Waals surface area contributed by atoms with Gasteiger partial charge in [0.1, 0.15) is 11.9 Å². The zero-order chi connectivity index (χ0) is 17.9. The molecule has 0 radical (unpaired) electrons. The van der Waals surface area contributed by atoms with Crippen LogP contribution in [0, 0.1) is 0 Å². The van der Waals surface area contributed by atoms with Crippen molar-refractivity contribution in [1.29, 1.82) is 0 Å². The Bertz CT molecular complexity index is 905. The zero-order valence-corrected chi connectivity index (χ0v) is 14.7. The maximum atomic E-state index is 13.2. The maximum Gasteiger partial charge on any atom is 0.256 e. The standard InChI is InChI=1S/C20H21N5O/c1-24-9-8-23-19(24)18-14-21-7-10-25(18)20(26)17-11-16(12-22-13-17)15-5-3-2-4-6-15/h2-6,8-9,11-13,18,21H,7,10,14H2,1H3. The fourth-order valence-corrected chi connectivity index (χ4v) is 3.39. The lowest BCUT2D eigenvalue weighted by atomic mass is 10.0. The van der Waals surface area contributed by atoms with Gasteiger partial charge >= 0.3 is 0 Å². The molecule has 1 aliphatic rings. The van der Waals surface area contributed by atoms with Crippen LogP contribution in [0.2, 0.25) is 0 Å². The number of piperazine rings is 1. The maximum absolute atomic E-state index is 13.2. The fourth-order valence-electron chi connectivity index (χ4n) is 3.39. The van der Waals surface area contributed by atoms with Crippen LogP contribution < -0.4 is 5.32 Å². The van der Waals surface area contributed by atoms with Gasteiger partial charge in [-0.1, -0.05) is 30.3 Å². The van der Waals surface area contributed by atoms with Crippen LogP contribution in [0.15, 0.2) is 61.2 Å². The lowest BCUT2D eigenvalue weighted by Crippen LogP contribution is -2.49. The Morgan fingerprint density at radius 2 is 2.04 bits per heavy atom. The molecule has 1 aliphatic heterocycles. The van der Waals surface area contributed by atoms with E-state index in [1.807, 2.05) is 59.1 Å². The lowest BCUT2D eigenvalue weighted by molar-refractivity contribution is 0.0620. The number of nitrogens with zero attached hydrogens (tertiary/aromatic N) is 4. The first-order chi connectivity index (χ1) is 12.7. The van der Waals surface area contributed by atoms with Gasteiger partial charge in [-0.05, 0) is 11.6 Å². The van der Waals surface area contributed by atoms with E-state index in [9.17, 15) is 4.79 Å². The molecule has 1 atom stereocenters. The van der Waals surface area contributed by atoms with Gasteiger partial charge in [-0.2, -0.15) is 0 Å². The van der Waals surface area contributed by atoms with Crippen LogP contribution in [0.3, 0.4) is 0 Å². The number of carbonyl (C=O) groups is 1. The second-order valence-electron chi connectivity index (χ2n) is 6.44. The largest absolute Gasteiger partial charge is 0.336 e. The minimum atomic E-state index is -0.0865. The Morgan fingerprint density at radius 3 is 2.81 bits per heavy atom. The number of hydrogen-bond donors (Lipinski definition) is 1. The topological polar surface area (TPSA) is 63.1 Å². The highest BCUT2D eigenvalue weighted by atomic mass is 16.2. The second kappa shape index (κ2) is 7.09. The van der Waals surface area contributed by atoms with E-state index in [2.05, 4.69) is 15.3 Å². The van der Waals surface area contributed by atoms with Crippen molar-refractivity contribution in [2.75, 3.05) is 19.6 Å². The van der Waals surface area contributed by atoms with E-state index in [1.165, 1.54) is 0 Å². The summed E-state index contributed by atoms with van der Waals surface area (Å²) in [7, 11) is 1.96. The lowest BCUT2D eigenvalue weighted by Gasteiger charge is -2.35. The number of hydrogen-bond acceptors (Lipinski definition) is 4. The number of pyridine rings is 1. The molecule has 1 N–H and O–H groups in total. The molecule has 132 valence electrons. The third kappa shape index (κ3) is 3.11. The van der Waals surface area contributed by atoms with Gasteiger partial charge < -0.3 is 14.8 Å². The van der Waals surface area contributed by atoms with Crippen molar-refractivity contribution in [2.24, 2.45) is 7.05 Å². The molecule has 0 bridgehead atoms. The van der Waals surface area contributed by atoms with Crippen LogP contribution >= 0.6 is 0 Å². The summed E-state index contributed by atoms with van der Waals surface area (Å²) in [6.07, 6.45) is 7.11. The highest BCUT2D eigenvalue weighted by Gasteiger charge is 2.31. The van der Waals surface area contributed by atoms with Crippen molar-refractivity contribution in [3.8, 4) is 11.1 Å². The summed E-state index contributed by atoms with van der Waals surface area (Å²) in [5.74, 6) is 0.877. The minimum absolute atomic E-state index is 0.00946. The molecule has 6 heteroatoms. The predicted molar refractivity (Wildman–Crippen MR) is 99.5 cm³/mol. The predicted octanol–water partition coefficient (Wildman–Crippen LogP) is 2.27. The Labute approximate surface area is 152 Å². The van der Waals surface area contributed by atoms with Crippen LogP contribution in [0.5, 0.6) is 0 Å². The van der Waals surface area contributed by atoms with E-state index in [0.717, 1.165) is 23.5 Å². The monoisotopic (exact) mass is 347 g/mol. The number of nitrogens with one attached hydrogen (secondary N) is 1. The summed E-state index contributed by atoms with van der Waals surface area (Å²) < 4.78 is 1.97. The van der Waals surface area contributed by atoms with Crippen molar-refractivity contribution in [1.82, 2.24) is 24.8 Å². The van der Waals surface area contributed by atoms with Gasteiger partial charge in [0, 0.05) is 57.0 Å². The molecule has 2 aromatic heterocycles. The third-order valence-electron chi connectivity index (χ3n) is 4.75. The molecule has 26 heavy (non-hydrogen) atoms. The van der Waals surface area contributed by atoms with Crippen molar-refractivity contribution in [3.05, 3.63) is 72.6 Å². The first-order valence-corrected chi connectivity index (χ1v) is 8.73. The highest BCUT2D eigenvalue weighted by molar-refractivity contribution is 5.95. The first kappa shape index (κ1) is 16.5. The second-order valence-corrected chi connectivity index (χ2v) is 6.44. The van der Waals surface area contributed by atoms with E-state index < -0.39 is 0 Å². The number of benzene rings is 1. The van der Waals surface area contributed by atoms with Crippen LogP contribution in [-0.4, -0.2) is 45.0 Å². The number of imidazole rings is 1. The van der Waals surface area contributed by atoms with Crippen LogP contribution in [0.1, 0.15) is 22.2 Å². The summed E-state index contributed by atoms with van der Waals surface area (Å²) in [6, 6.07) is 11.8. The van der Waals surface area contributed by atoms with Gasteiger partial charge in [-0.3, -0.25) is 9.78 Å². The Morgan fingerprint density at radius 1 is 1.19 bits per heavy atom. The van der Waals surface area contributed by atoms with Crippen molar-refractivity contribution in [2.45, 2.75) is 6.04 Å². The Balaban J connectivity index is 1.65. The van der Waals surface area contributed by atoms with Gasteiger partial charge in [0.05, 0.1) is 5.56 Å². The molecule has 0 saturated carbocycles. The molecule has 0 spiro atoms. The summed E-state index contributed by atoms with van der Waals surface area (Å²) in [5.41, 5.74) is 2.60. The molecule has 1 amide bonds. The Hall–Kier alpha value is -2.99. The average molecular weight is 347 g/mol. The molecule has 6 nitrogen and oxygen atoms in total. The molecule has 4 rings (SSSR count). The van der Waals surface area contributed by atoms with E-state index in [1.54, 1.807) is 18.6 Å². The number of aromatic nitrogens is 3. The molecule has 1 saturated heterocycles. The number of amides is 1. The molecular weight excluding hydrogens is 326 g/mol. The van der Waals surface area contributed by atoms with E-state index in [4.69, 9.17) is 0 Å². The minimum Gasteiger partial charge on any atom is -0.336 e. The highest BCUT2D eigenvalue weighted by Crippen LogP contribution is 2.24. The van der Waals surface area contributed by atoms with Crippen molar-refractivity contribution >= 4 is 5.91 Å². The zero-order valence-electron chi connectivity index (χ0n) is 14.7. The molecular formula is C20H21N5O. The summed E-state index contributed by atoms with van der Waals surface area (Å²) >= 11 is 0. The van der Waals surface area contributed by atoms with Crippen LogP contribution in [0.25, 0.3) is 11.1 Å². The van der Waals surface area contributed by atoms with Gasteiger partial charge in [0.25, 0.3) is 5.91 Å². The summed E-state index contributed by atoms with van der Waals surface area (Å²) in [5, 5.41) is 3.36. The molecule has 1 fully saturated rings. The Kier molecular flexibility index (Phi) is 4.50. The van der Waals surface area contributed by atoms with E-state index in [0.29, 0.717) is 18.7 Å². The number of rotatable bonds is 3. The van der Waals surface area contributed by atoms with Crippen molar-refractivity contribution < 1.29 is 4.79 Å². The molecule has 1 aromatic carbocycles. The van der Waals surface area contributed by atoms with Gasteiger partial charge in [0.15, 0.2) is 0 Å². The van der Waals surface area contributed by atoms with Gasteiger partial charge in [0.2, 0.25) is 0 Å². The number of carbonyl (C=O) groups excluding carboxylic acids is 1. The quantitative estimate of drug-likeness (QED) is 0.789. The molecule has 3 heterocycles. The van der Waals surface area contributed by atoms with E-state index >= 15 is 0 Å². The van der Waals surface area contributed by atoms with Gasteiger partial charge in [-0.25, -0.2) is 4.98 Å². The first-order valence-electron chi connectivity index (χ1n) is 8.73. The molecule has 1 unspecified atom stereocenters. The number of aryl methyl sites for hydroxylation is 1. The normalized spacial score (nSPS) is 17.3. The summed E-state index contributed by atoms with van der Waals surface area (Å²) in [6.45, 7) is 2.12. The van der Waals surface area contributed by atoms with Crippen LogP contribution in [0.4, 0.5) is 0 Å².